The minimum Gasteiger partial charge on any atom is -0.348 e. The molecule has 2 atom stereocenters. The van der Waals surface area contributed by atoms with E-state index in [-0.39, 0.29) is 16.8 Å². The summed E-state index contributed by atoms with van der Waals surface area (Å²) < 4.78 is 22.1. The van der Waals surface area contributed by atoms with E-state index in [0.717, 1.165) is 5.56 Å². The van der Waals surface area contributed by atoms with Gasteiger partial charge in [-0.25, -0.2) is 13.6 Å². The van der Waals surface area contributed by atoms with Crippen LogP contribution in [-0.2, 0) is 14.8 Å². The second-order valence-corrected chi connectivity index (χ2v) is 5.69. The summed E-state index contributed by atoms with van der Waals surface area (Å²) in [6.45, 7) is 3.37. The molecule has 18 heavy (non-hydrogen) atoms. The lowest BCUT2D eigenvalue weighted by Crippen LogP contribution is -2.39. The van der Waals surface area contributed by atoms with Crippen LogP contribution in [0.2, 0.25) is 0 Å². The van der Waals surface area contributed by atoms with Gasteiger partial charge in [0.25, 0.3) is 0 Å². The number of hydrogen-bond donors (Lipinski definition) is 3. The molecule has 0 radical (unpaired) electrons. The molecule has 0 saturated carbocycles. The largest absolute Gasteiger partial charge is 0.348 e. The van der Waals surface area contributed by atoms with Gasteiger partial charge in [-0.15, -0.1) is 0 Å². The van der Waals surface area contributed by atoms with Crippen LogP contribution in [0.3, 0.4) is 0 Å². The average Bonchev–Trinajstić information content (AvgIpc) is 2.27. The zero-order valence-corrected chi connectivity index (χ0v) is 11.1. The molecule has 0 aromatic heterocycles. The van der Waals surface area contributed by atoms with Crippen molar-refractivity contribution in [1.82, 2.24) is 5.32 Å². The molecule has 1 aromatic rings. The molecule has 5 N–H and O–H groups in total. The molecule has 7 heteroatoms. The molecule has 0 heterocycles. The molecular formula is C11H17N3O3S. The Hall–Kier alpha value is -1.44. The maximum absolute atomic E-state index is 11.4. The van der Waals surface area contributed by atoms with Gasteiger partial charge in [-0.05, 0) is 31.5 Å². The number of carbonyl (C=O) groups excluding carboxylic acids is 1. The van der Waals surface area contributed by atoms with E-state index >= 15 is 0 Å². The lowest BCUT2D eigenvalue weighted by molar-refractivity contribution is -0.122. The quantitative estimate of drug-likeness (QED) is 0.706. The Kier molecular flexibility index (Phi) is 4.44. The van der Waals surface area contributed by atoms with Crippen molar-refractivity contribution in [3.63, 3.8) is 0 Å². The number of amides is 1. The summed E-state index contributed by atoms with van der Waals surface area (Å²) in [6, 6.07) is 5.17. The lowest BCUT2D eigenvalue weighted by Gasteiger charge is -2.16. The highest BCUT2D eigenvalue weighted by Crippen LogP contribution is 2.15. The van der Waals surface area contributed by atoms with E-state index in [4.69, 9.17) is 10.9 Å². The predicted octanol–water partition coefficient (Wildman–Crippen LogP) is -0.142. The zero-order valence-electron chi connectivity index (χ0n) is 10.3. The van der Waals surface area contributed by atoms with Crippen LogP contribution in [0.15, 0.2) is 29.2 Å². The Balaban J connectivity index is 2.83. The van der Waals surface area contributed by atoms with Crippen LogP contribution >= 0.6 is 0 Å². The van der Waals surface area contributed by atoms with Gasteiger partial charge in [0.05, 0.1) is 17.0 Å². The number of primary sulfonamides is 1. The molecule has 6 nitrogen and oxygen atoms in total. The van der Waals surface area contributed by atoms with Crippen LogP contribution in [0.25, 0.3) is 0 Å². The molecule has 0 aliphatic heterocycles. The Morgan fingerprint density at radius 1 is 1.22 bits per heavy atom. The number of nitrogens with one attached hydrogen (secondary N) is 1. The van der Waals surface area contributed by atoms with Crippen molar-refractivity contribution in [3.05, 3.63) is 29.8 Å². The minimum atomic E-state index is -3.69. The zero-order chi connectivity index (χ0) is 13.9. The van der Waals surface area contributed by atoms with E-state index < -0.39 is 16.1 Å². The number of nitrogens with two attached hydrogens (primary N) is 2. The molecule has 1 amide bonds. The molecule has 100 valence electrons. The van der Waals surface area contributed by atoms with E-state index in [0.29, 0.717) is 0 Å². The lowest BCUT2D eigenvalue weighted by atomic mass is 10.1. The SMILES string of the molecule is CC(N)C(=O)NC(C)c1ccc(S(N)(=O)=O)cc1. The first-order valence-electron chi connectivity index (χ1n) is 5.40. The fourth-order valence-corrected chi connectivity index (χ4v) is 1.89. The molecule has 0 saturated heterocycles. The second kappa shape index (κ2) is 5.47. The van der Waals surface area contributed by atoms with Crippen LogP contribution < -0.4 is 16.2 Å². The molecule has 1 aromatic carbocycles. The van der Waals surface area contributed by atoms with Crippen molar-refractivity contribution in [2.75, 3.05) is 0 Å². The summed E-state index contributed by atoms with van der Waals surface area (Å²) in [5, 5.41) is 7.70. The highest BCUT2D eigenvalue weighted by Gasteiger charge is 2.13. The Labute approximate surface area is 106 Å². The molecule has 0 aliphatic rings. The first kappa shape index (κ1) is 14.6. The van der Waals surface area contributed by atoms with Crippen molar-refractivity contribution in [3.8, 4) is 0 Å². The normalized spacial score (nSPS) is 14.9. The Morgan fingerprint density at radius 2 is 1.72 bits per heavy atom. The fraction of sp³-hybridized carbons (Fsp3) is 0.364. The number of benzene rings is 1. The summed E-state index contributed by atoms with van der Waals surface area (Å²) in [5.41, 5.74) is 6.21. The topological polar surface area (TPSA) is 115 Å². The van der Waals surface area contributed by atoms with Crippen LogP contribution in [0.5, 0.6) is 0 Å². The van der Waals surface area contributed by atoms with E-state index in [1.807, 2.05) is 0 Å². The van der Waals surface area contributed by atoms with Gasteiger partial charge in [-0.3, -0.25) is 4.79 Å². The van der Waals surface area contributed by atoms with Crippen molar-refractivity contribution >= 4 is 15.9 Å². The molecule has 2 unspecified atom stereocenters. The summed E-state index contributed by atoms with van der Waals surface area (Å²) in [6.07, 6.45) is 0. The first-order valence-corrected chi connectivity index (χ1v) is 6.95. The number of rotatable bonds is 4. The molecule has 0 fully saturated rings. The molecule has 0 aliphatic carbocycles. The minimum absolute atomic E-state index is 0.0389. The van der Waals surface area contributed by atoms with Gasteiger partial charge >= 0.3 is 0 Å². The number of carbonyl (C=O) groups is 1. The maximum Gasteiger partial charge on any atom is 0.238 e. The van der Waals surface area contributed by atoms with Gasteiger partial charge in [0.1, 0.15) is 0 Å². The third kappa shape index (κ3) is 3.80. The summed E-state index contributed by atoms with van der Waals surface area (Å²) in [5.74, 6) is -0.266. The van der Waals surface area contributed by atoms with Crippen LogP contribution in [0, 0.1) is 0 Å². The van der Waals surface area contributed by atoms with Crippen molar-refractivity contribution in [2.45, 2.75) is 30.8 Å². The van der Waals surface area contributed by atoms with Gasteiger partial charge in [0.15, 0.2) is 0 Å². The second-order valence-electron chi connectivity index (χ2n) is 4.13. The van der Waals surface area contributed by atoms with Crippen LogP contribution in [-0.4, -0.2) is 20.4 Å². The first-order chi connectivity index (χ1) is 8.21. The van der Waals surface area contributed by atoms with E-state index in [1.54, 1.807) is 26.0 Å². The average molecular weight is 271 g/mol. The van der Waals surface area contributed by atoms with E-state index in [2.05, 4.69) is 5.32 Å². The smallest absolute Gasteiger partial charge is 0.238 e. The van der Waals surface area contributed by atoms with Gasteiger partial charge in [-0.2, -0.15) is 0 Å². The molecule has 1 rings (SSSR count). The van der Waals surface area contributed by atoms with Gasteiger partial charge in [0, 0.05) is 0 Å². The third-order valence-electron chi connectivity index (χ3n) is 2.48. The number of hydrogen-bond acceptors (Lipinski definition) is 4. The van der Waals surface area contributed by atoms with Crippen LogP contribution in [0.1, 0.15) is 25.5 Å². The van der Waals surface area contributed by atoms with Crippen molar-refractivity contribution in [1.29, 1.82) is 0 Å². The monoisotopic (exact) mass is 271 g/mol. The van der Waals surface area contributed by atoms with Crippen molar-refractivity contribution in [2.24, 2.45) is 10.9 Å². The van der Waals surface area contributed by atoms with Gasteiger partial charge in [-0.1, -0.05) is 12.1 Å². The highest BCUT2D eigenvalue weighted by molar-refractivity contribution is 7.89. The van der Waals surface area contributed by atoms with Crippen molar-refractivity contribution < 1.29 is 13.2 Å². The highest BCUT2D eigenvalue weighted by atomic mass is 32.2. The predicted molar refractivity (Wildman–Crippen MR) is 68.0 cm³/mol. The van der Waals surface area contributed by atoms with Gasteiger partial charge in [0.2, 0.25) is 15.9 Å². The number of sulfonamides is 1. The summed E-state index contributed by atoms with van der Waals surface area (Å²) in [7, 11) is -3.69. The Bertz CT molecular complexity index is 523. The molecular weight excluding hydrogens is 254 g/mol. The summed E-state index contributed by atoms with van der Waals surface area (Å²) in [4.78, 5) is 11.4. The van der Waals surface area contributed by atoms with Crippen LogP contribution in [0.4, 0.5) is 0 Å². The van der Waals surface area contributed by atoms with E-state index in [1.165, 1.54) is 12.1 Å². The maximum atomic E-state index is 11.4. The van der Waals surface area contributed by atoms with Gasteiger partial charge < -0.3 is 11.1 Å². The summed E-state index contributed by atoms with van der Waals surface area (Å²) >= 11 is 0. The third-order valence-corrected chi connectivity index (χ3v) is 3.41. The fourth-order valence-electron chi connectivity index (χ4n) is 1.37. The Morgan fingerprint density at radius 3 is 2.11 bits per heavy atom. The standard InChI is InChI=1S/C11H17N3O3S/c1-7(12)11(15)14-8(2)9-3-5-10(6-4-9)18(13,16)17/h3-8H,12H2,1-2H3,(H,14,15)(H2,13,16,17). The van der Waals surface area contributed by atoms with E-state index in [9.17, 15) is 13.2 Å². The molecule has 0 spiro atoms. The molecule has 0 bridgehead atoms.